The number of primary amides is 1. The van der Waals surface area contributed by atoms with E-state index in [0.29, 0.717) is 6.42 Å². The second-order valence-corrected chi connectivity index (χ2v) is 6.58. The van der Waals surface area contributed by atoms with E-state index in [1.807, 2.05) is 0 Å². The van der Waals surface area contributed by atoms with Crippen molar-refractivity contribution in [2.75, 3.05) is 13.1 Å². The summed E-state index contributed by atoms with van der Waals surface area (Å²) in [4.78, 5) is 70.4. The second-order valence-electron chi connectivity index (χ2n) is 6.58. The maximum absolute atomic E-state index is 12.6. The first kappa shape index (κ1) is 23.8. The summed E-state index contributed by atoms with van der Waals surface area (Å²) in [7, 11) is 0. The standard InChI is InChI=1S/C16H25N5O8/c17-8(3-4-11(18)22)14(26)19-7-12(23)20-9(6-13(24)25)15(27)21-5-1-2-10(21)16(28)29/h8-10H,1-7,17H2,(H2,18,22)(H,19,26)(H,20,23)(H,24,25)(H,28,29). The van der Waals surface area contributed by atoms with E-state index in [-0.39, 0.29) is 25.8 Å². The molecule has 0 radical (unpaired) electrons. The summed E-state index contributed by atoms with van der Waals surface area (Å²) >= 11 is 0. The Hall–Kier alpha value is -3.22. The van der Waals surface area contributed by atoms with Crippen molar-refractivity contribution in [1.29, 1.82) is 0 Å². The van der Waals surface area contributed by atoms with E-state index in [1.165, 1.54) is 0 Å². The Labute approximate surface area is 165 Å². The Balaban J connectivity index is 2.66. The molecule has 13 nitrogen and oxygen atoms in total. The van der Waals surface area contributed by atoms with Crippen LogP contribution in [0.4, 0.5) is 0 Å². The van der Waals surface area contributed by atoms with Crippen LogP contribution in [0.2, 0.25) is 0 Å². The minimum Gasteiger partial charge on any atom is -0.481 e. The molecule has 3 atom stereocenters. The molecule has 0 spiro atoms. The van der Waals surface area contributed by atoms with Crippen LogP contribution in [0.3, 0.4) is 0 Å². The monoisotopic (exact) mass is 415 g/mol. The summed E-state index contributed by atoms with van der Waals surface area (Å²) in [5, 5.41) is 22.6. The Bertz CT molecular complexity index is 682. The van der Waals surface area contributed by atoms with Crippen LogP contribution in [0.1, 0.15) is 32.1 Å². The number of aliphatic carboxylic acids is 2. The average molecular weight is 415 g/mol. The summed E-state index contributed by atoms with van der Waals surface area (Å²) in [6.07, 6.45) is -0.214. The number of likely N-dealkylation sites (tertiary alicyclic amines) is 1. The SMILES string of the molecule is NC(=O)CCC(N)C(=O)NCC(=O)NC(CC(=O)O)C(=O)N1CCCC1C(=O)O. The van der Waals surface area contributed by atoms with Gasteiger partial charge in [0.25, 0.3) is 0 Å². The topological polar surface area (TPSA) is 222 Å². The van der Waals surface area contributed by atoms with Crippen LogP contribution < -0.4 is 22.1 Å². The highest BCUT2D eigenvalue weighted by atomic mass is 16.4. The molecule has 13 heteroatoms. The molecule has 1 heterocycles. The molecule has 0 aromatic carbocycles. The Morgan fingerprint density at radius 3 is 2.34 bits per heavy atom. The number of carbonyl (C=O) groups is 6. The van der Waals surface area contributed by atoms with Gasteiger partial charge in [0.05, 0.1) is 19.0 Å². The number of carboxylic acids is 2. The van der Waals surface area contributed by atoms with Crippen molar-refractivity contribution >= 4 is 35.6 Å². The first-order valence-electron chi connectivity index (χ1n) is 8.89. The van der Waals surface area contributed by atoms with Crippen molar-refractivity contribution in [1.82, 2.24) is 15.5 Å². The van der Waals surface area contributed by atoms with Crippen LogP contribution in [0, 0.1) is 0 Å². The van der Waals surface area contributed by atoms with Gasteiger partial charge in [-0.25, -0.2) is 4.79 Å². The largest absolute Gasteiger partial charge is 0.481 e. The van der Waals surface area contributed by atoms with Crippen LogP contribution >= 0.6 is 0 Å². The van der Waals surface area contributed by atoms with Crippen LogP contribution in [0.25, 0.3) is 0 Å². The van der Waals surface area contributed by atoms with Gasteiger partial charge in [-0.05, 0) is 19.3 Å². The molecule has 0 aliphatic carbocycles. The minimum absolute atomic E-state index is 0.0194. The van der Waals surface area contributed by atoms with Crippen LogP contribution in [0.5, 0.6) is 0 Å². The Morgan fingerprint density at radius 2 is 1.79 bits per heavy atom. The van der Waals surface area contributed by atoms with E-state index in [2.05, 4.69) is 10.6 Å². The summed E-state index contributed by atoms with van der Waals surface area (Å²) in [5.74, 6) is -5.63. The van der Waals surface area contributed by atoms with Gasteiger partial charge in [-0.1, -0.05) is 0 Å². The number of nitrogens with one attached hydrogen (secondary N) is 2. The van der Waals surface area contributed by atoms with Crippen LogP contribution in [-0.2, 0) is 28.8 Å². The molecule has 1 aliphatic heterocycles. The zero-order valence-corrected chi connectivity index (χ0v) is 15.6. The molecule has 29 heavy (non-hydrogen) atoms. The zero-order chi connectivity index (χ0) is 22.1. The molecule has 0 bridgehead atoms. The highest BCUT2D eigenvalue weighted by Crippen LogP contribution is 2.19. The molecular formula is C16H25N5O8. The molecule has 1 saturated heterocycles. The molecule has 3 unspecified atom stereocenters. The molecule has 1 aliphatic rings. The third-order valence-electron chi connectivity index (χ3n) is 4.29. The van der Waals surface area contributed by atoms with E-state index in [0.717, 1.165) is 4.90 Å². The van der Waals surface area contributed by atoms with Crippen molar-refractivity contribution < 1.29 is 39.0 Å². The van der Waals surface area contributed by atoms with Crippen molar-refractivity contribution in [2.24, 2.45) is 11.5 Å². The lowest BCUT2D eigenvalue weighted by Crippen LogP contribution is -2.54. The summed E-state index contributed by atoms with van der Waals surface area (Å²) in [5.41, 5.74) is 10.5. The van der Waals surface area contributed by atoms with Gasteiger partial charge < -0.3 is 37.2 Å². The number of nitrogens with zero attached hydrogens (tertiary/aromatic N) is 1. The third-order valence-corrected chi connectivity index (χ3v) is 4.29. The number of hydrogen-bond donors (Lipinski definition) is 6. The normalized spacial score (nSPS) is 17.8. The van der Waals surface area contributed by atoms with Crippen molar-refractivity contribution in [2.45, 2.75) is 50.2 Å². The Kier molecular flexibility index (Phi) is 8.99. The smallest absolute Gasteiger partial charge is 0.326 e. The maximum Gasteiger partial charge on any atom is 0.326 e. The highest BCUT2D eigenvalue weighted by Gasteiger charge is 2.38. The first-order chi connectivity index (χ1) is 13.5. The van der Waals surface area contributed by atoms with Gasteiger partial charge in [-0.2, -0.15) is 0 Å². The van der Waals surface area contributed by atoms with Gasteiger partial charge >= 0.3 is 11.9 Å². The highest BCUT2D eigenvalue weighted by molar-refractivity contribution is 5.94. The fourth-order valence-corrected chi connectivity index (χ4v) is 2.83. The van der Waals surface area contributed by atoms with Gasteiger partial charge in [-0.3, -0.25) is 24.0 Å². The predicted molar refractivity (Wildman–Crippen MR) is 96.0 cm³/mol. The van der Waals surface area contributed by atoms with E-state index in [9.17, 15) is 28.8 Å². The molecule has 162 valence electrons. The molecule has 8 N–H and O–H groups in total. The second kappa shape index (κ2) is 10.9. The molecule has 0 aromatic heterocycles. The zero-order valence-electron chi connectivity index (χ0n) is 15.6. The minimum atomic E-state index is -1.49. The van der Waals surface area contributed by atoms with Crippen molar-refractivity contribution in [3.63, 3.8) is 0 Å². The lowest BCUT2D eigenvalue weighted by Gasteiger charge is -2.26. The van der Waals surface area contributed by atoms with Crippen LogP contribution in [0.15, 0.2) is 0 Å². The average Bonchev–Trinajstić information content (AvgIpc) is 3.12. The lowest BCUT2D eigenvalue weighted by atomic mass is 10.1. The van der Waals surface area contributed by atoms with Gasteiger partial charge in [0.1, 0.15) is 12.1 Å². The molecule has 1 rings (SSSR count). The Morgan fingerprint density at radius 1 is 1.14 bits per heavy atom. The van der Waals surface area contributed by atoms with Gasteiger partial charge in [0.2, 0.25) is 23.6 Å². The number of nitrogens with two attached hydrogens (primary N) is 2. The molecule has 1 fully saturated rings. The third kappa shape index (κ3) is 7.73. The number of carboxylic acid groups (broad SMARTS) is 2. The van der Waals surface area contributed by atoms with E-state index >= 15 is 0 Å². The summed E-state index contributed by atoms with van der Waals surface area (Å²) in [6, 6.07) is -3.65. The van der Waals surface area contributed by atoms with Crippen molar-refractivity contribution in [3.8, 4) is 0 Å². The number of carbonyl (C=O) groups excluding carboxylic acids is 4. The molecule has 0 aromatic rings. The maximum atomic E-state index is 12.6. The number of hydrogen-bond acceptors (Lipinski definition) is 7. The fourth-order valence-electron chi connectivity index (χ4n) is 2.83. The summed E-state index contributed by atoms with van der Waals surface area (Å²) in [6.45, 7) is -0.456. The molecular weight excluding hydrogens is 390 g/mol. The van der Waals surface area contributed by atoms with E-state index in [1.54, 1.807) is 0 Å². The van der Waals surface area contributed by atoms with Crippen LogP contribution in [-0.4, -0.2) is 81.9 Å². The van der Waals surface area contributed by atoms with E-state index in [4.69, 9.17) is 21.7 Å². The van der Waals surface area contributed by atoms with E-state index < -0.39 is 66.7 Å². The van der Waals surface area contributed by atoms with Gasteiger partial charge in [-0.15, -0.1) is 0 Å². The quantitative estimate of drug-likeness (QED) is 0.199. The van der Waals surface area contributed by atoms with Gasteiger partial charge in [0.15, 0.2) is 0 Å². The summed E-state index contributed by atoms with van der Waals surface area (Å²) < 4.78 is 0. The fraction of sp³-hybridized carbons (Fsp3) is 0.625. The van der Waals surface area contributed by atoms with Crippen molar-refractivity contribution in [3.05, 3.63) is 0 Å². The predicted octanol–water partition coefficient (Wildman–Crippen LogP) is -3.27. The molecule has 4 amide bonds. The number of rotatable bonds is 11. The number of amides is 4. The first-order valence-corrected chi connectivity index (χ1v) is 8.89. The van der Waals surface area contributed by atoms with Gasteiger partial charge in [0, 0.05) is 13.0 Å². The molecule has 0 saturated carbocycles. The lowest BCUT2D eigenvalue weighted by molar-refractivity contribution is -0.150.